The van der Waals surface area contributed by atoms with Crippen LogP contribution in [-0.4, -0.2) is 10.1 Å². The normalized spacial score (nSPS) is 10.6. The van der Waals surface area contributed by atoms with Crippen LogP contribution in [0.5, 0.6) is 0 Å². The van der Waals surface area contributed by atoms with Crippen molar-refractivity contribution in [1.82, 2.24) is 10.1 Å². The van der Waals surface area contributed by atoms with Crippen molar-refractivity contribution >= 4 is 16.5 Å². The van der Waals surface area contributed by atoms with E-state index in [1.165, 1.54) is 4.88 Å². The molecule has 0 unspecified atom stereocenters. The molecule has 2 aromatic heterocycles. The van der Waals surface area contributed by atoms with Crippen LogP contribution in [0.3, 0.4) is 0 Å². The second-order valence-corrected chi connectivity index (χ2v) is 4.65. The van der Waals surface area contributed by atoms with E-state index in [4.69, 9.17) is 4.52 Å². The molecule has 2 heterocycles. The molecule has 0 fully saturated rings. The van der Waals surface area contributed by atoms with E-state index in [9.17, 15) is 0 Å². The van der Waals surface area contributed by atoms with E-state index in [1.807, 2.05) is 19.9 Å². The zero-order valence-corrected chi connectivity index (χ0v) is 9.81. The molecule has 0 radical (unpaired) electrons. The number of aromatic nitrogens is 2. The lowest BCUT2D eigenvalue weighted by atomic mass is 10.4. The van der Waals surface area contributed by atoms with Gasteiger partial charge in [0.25, 0.3) is 0 Å². The van der Waals surface area contributed by atoms with Gasteiger partial charge in [0.05, 0.1) is 12.2 Å². The molecule has 15 heavy (non-hydrogen) atoms. The first-order valence-electron chi connectivity index (χ1n) is 4.75. The summed E-state index contributed by atoms with van der Waals surface area (Å²) in [5.74, 6) is 0.832. The number of rotatable bonds is 3. The fraction of sp³-hybridized carbons (Fsp3) is 0.400. The van der Waals surface area contributed by atoms with Crippen LogP contribution in [0.15, 0.2) is 10.6 Å². The monoisotopic (exact) mass is 223 g/mol. The van der Waals surface area contributed by atoms with Gasteiger partial charge in [-0.1, -0.05) is 5.16 Å². The summed E-state index contributed by atoms with van der Waals surface area (Å²) >= 11 is 1.66. The highest BCUT2D eigenvalue weighted by Gasteiger charge is 2.04. The second kappa shape index (κ2) is 4.02. The van der Waals surface area contributed by atoms with Gasteiger partial charge in [0.1, 0.15) is 11.5 Å². The SMILES string of the molecule is Cc1cc(CNc2nc(C)c(C)s2)no1. The Kier molecular flexibility index (Phi) is 2.73. The molecule has 0 aliphatic rings. The Morgan fingerprint density at radius 3 is 2.73 bits per heavy atom. The molecule has 0 aliphatic heterocycles. The topological polar surface area (TPSA) is 51.0 Å². The summed E-state index contributed by atoms with van der Waals surface area (Å²) in [6, 6.07) is 1.92. The minimum absolute atomic E-state index is 0.656. The van der Waals surface area contributed by atoms with Gasteiger partial charge >= 0.3 is 0 Å². The lowest BCUT2D eigenvalue weighted by Crippen LogP contribution is -1.98. The molecule has 0 spiro atoms. The van der Waals surface area contributed by atoms with Gasteiger partial charge in [-0.25, -0.2) is 4.98 Å². The van der Waals surface area contributed by atoms with Crippen LogP contribution in [0, 0.1) is 20.8 Å². The summed E-state index contributed by atoms with van der Waals surface area (Å²) in [5.41, 5.74) is 1.98. The van der Waals surface area contributed by atoms with Gasteiger partial charge in [-0.2, -0.15) is 0 Å². The van der Waals surface area contributed by atoms with E-state index in [2.05, 4.69) is 22.4 Å². The van der Waals surface area contributed by atoms with Crippen molar-refractivity contribution in [2.75, 3.05) is 5.32 Å². The predicted octanol–water partition coefficient (Wildman–Crippen LogP) is 2.67. The van der Waals surface area contributed by atoms with E-state index in [1.54, 1.807) is 11.3 Å². The third-order valence-corrected chi connectivity index (χ3v) is 3.16. The Morgan fingerprint density at radius 1 is 1.40 bits per heavy atom. The Bertz CT molecular complexity index is 441. The summed E-state index contributed by atoms with van der Waals surface area (Å²) in [7, 11) is 0. The highest BCUT2D eigenvalue weighted by atomic mass is 32.1. The third kappa shape index (κ3) is 2.36. The number of thiazole rings is 1. The van der Waals surface area contributed by atoms with E-state index < -0.39 is 0 Å². The maximum Gasteiger partial charge on any atom is 0.183 e. The number of aryl methyl sites for hydroxylation is 3. The van der Waals surface area contributed by atoms with Crippen molar-refractivity contribution in [2.24, 2.45) is 0 Å². The number of hydrogen-bond acceptors (Lipinski definition) is 5. The Labute approximate surface area is 92.3 Å². The van der Waals surface area contributed by atoms with Crippen molar-refractivity contribution in [1.29, 1.82) is 0 Å². The molecule has 80 valence electrons. The minimum atomic E-state index is 0.656. The molecule has 0 bridgehead atoms. The van der Waals surface area contributed by atoms with Gasteiger partial charge in [-0.15, -0.1) is 11.3 Å². The van der Waals surface area contributed by atoms with Crippen LogP contribution >= 0.6 is 11.3 Å². The van der Waals surface area contributed by atoms with Gasteiger partial charge in [0, 0.05) is 10.9 Å². The molecular formula is C10H13N3OS. The summed E-state index contributed by atoms with van der Waals surface area (Å²) in [6.07, 6.45) is 0. The molecule has 2 rings (SSSR count). The standard InChI is InChI=1S/C10H13N3OS/c1-6-4-9(13-14-6)5-11-10-12-7(2)8(3)15-10/h4H,5H2,1-3H3,(H,11,12). The Balaban J connectivity index is 1.99. The molecule has 0 saturated heterocycles. The minimum Gasteiger partial charge on any atom is -0.361 e. The van der Waals surface area contributed by atoms with Crippen molar-refractivity contribution in [3.8, 4) is 0 Å². The zero-order chi connectivity index (χ0) is 10.8. The smallest absolute Gasteiger partial charge is 0.183 e. The van der Waals surface area contributed by atoms with Crippen molar-refractivity contribution in [2.45, 2.75) is 27.3 Å². The van der Waals surface area contributed by atoms with Gasteiger partial charge in [0.2, 0.25) is 0 Å². The van der Waals surface area contributed by atoms with E-state index in [-0.39, 0.29) is 0 Å². The second-order valence-electron chi connectivity index (χ2n) is 3.44. The third-order valence-electron chi connectivity index (χ3n) is 2.13. The Hall–Kier alpha value is -1.36. The fourth-order valence-electron chi connectivity index (χ4n) is 1.22. The first-order valence-corrected chi connectivity index (χ1v) is 5.57. The van der Waals surface area contributed by atoms with Crippen LogP contribution in [0.4, 0.5) is 5.13 Å². The van der Waals surface area contributed by atoms with Crippen molar-refractivity contribution < 1.29 is 4.52 Å². The average Bonchev–Trinajstić information content (AvgIpc) is 2.72. The molecule has 2 aromatic rings. The molecule has 0 aliphatic carbocycles. The first kappa shape index (κ1) is 10.2. The first-order chi connectivity index (χ1) is 7.15. The molecule has 5 heteroatoms. The number of anilines is 1. The predicted molar refractivity (Wildman–Crippen MR) is 60.2 cm³/mol. The van der Waals surface area contributed by atoms with Crippen LogP contribution in [0.2, 0.25) is 0 Å². The van der Waals surface area contributed by atoms with Crippen molar-refractivity contribution in [3.05, 3.63) is 28.1 Å². The molecular weight excluding hydrogens is 210 g/mol. The van der Waals surface area contributed by atoms with Crippen LogP contribution in [0.25, 0.3) is 0 Å². The van der Waals surface area contributed by atoms with Gasteiger partial charge in [0.15, 0.2) is 5.13 Å². The molecule has 0 saturated carbocycles. The number of nitrogens with one attached hydrogen (secondary N) is 1. The fourth-order valence-corrected chi connectivity index (χ4v) is 2.03. The lowest BCUT2D eigenvalue weighted by molar-refractivity contribution is 0.391. The number of nitrogens with zero attached hydrogens (tertiary/aromatic N) is 2. The van der Waals surface area contributed by atoms with Crippen LogP contribution in [-0.2, 0) is 6.54 Å². The molecule has 4 nitrogen and oxygen atoms in total. The van der Waals surface area contributed by atoms with Gasteiger partial charge in [-0.3, -0.25) is 0 Å². The molecule has 0 aromatic carbocycles. The Morgan fingerprint density at radius 2 is 2.20 bits per heavy atom. The molecule has 0 atom stereocenters. The van der Waals surface area contributed by atoms with E-state index >= 15 is 0 Å². The average molecular weight is 223 g/mol. The lowest BCUT2D eigenvalue weighted by Gasteiger charge is -1.96. The summed E-state index contributed by atoms with van der Waals surface area (Å²) in [6.45, 7) is 6.62. The molecule has 1 N–H and O–H groups in total. The maximum atomic E-state index is 4.97. The van der Waals surface area contributed by atoms with Crippen LogP contribution in [0.1, 0.15) is 22.0 Å². The summed E-state index contributed by atoms with van der Waals surface area (Å²) < 4.78 is 4.97. The maximum absolute atomic E-state index is 4.97. The van der Waals surface area contributed by atoms with Gasteiger partial charge < -0.3 is 9.84 Å². The highest BCUT2D eigenvalue weighted by Crippen LogP contribution is 2.21. The quantitative estimate of drug-likeness (QED) is 0.869. The summed E-state index contributed by atoms with van der Waals surface area (Å²) in [4.78, 5) is 5.63. The van der Waals surface area contributed by atoms with Crippen LogP contribution < -0.4 is 5.32 Å². The van der Waals surface area contributed by atoms with E-state index in [0.717, 1.165) is 22.3 Å². The highest BCUT2D eigenvalue weighted by molar-refractivity contribution is 7.15. The van der Waals surface area contributed by atoms with Crippen molar-refractivity contribution in [3.63, 3.8) is 0 Å². The largest absolute Gasteiger partial charge is 0.361 e. The zero-order valence-electron chi connectivity index (χ0n) is 9.00. The summed E-state index contributed by atoms with van der Waals surface area (Å²) in [5, 5.41) is 8.06. The van der Waals surface area contributed by atoms with E-state index in [0.29, 0.717) is 6.54 Å². The molecule has 0 amide bonds. The number of hydrogen-bond donors (Lipinski definition) is 1. The van der Waals surface area contributed by atoms with Gasteiger partial charge in [-0.05, 0) is 20.8 Å².